The van der Waals surface area contributed by atoms with Crippen LogP contribution in [0.3, 0.4) is 0 Å². The summed E-state index contributed by atoms with van der Waals surface area (Å²) < 4.78 is 19.1. The quantitative estimate of drug-likeness (QED) is 0.612. The van der Waals surface area contributed by atoms with Gasteiger partial charge in [-0.15, -0.1) is 0 Å². The van der Waals surface area contributed by atoms with Crippen LogP contribution in [0, 0.1) is 25.6 Å². The zero-order valence-electron chi connectivity index (χ0n) is 13.9. The standard InChI is InChI=1S/C19H17ClFNO3/c1-11-3-5-15(9-16(11)21)22-10-13(8-18(22)23)19(24)25-17-6-4-14(20)7-12(17)2/h3-7,9,13H,8,10H2,1-2H3. The van der Waals surface area contributed by atoms with Crippen molar-refractivity contribution in [1.29, 1.82) is 0 Å². The average molecular weight is 362 g/mol. The number of anilines is 1. The van der Waals surface area contributed by atoms with Gasteiger partial charge in [0.1, 0.15) is 11.6 Å². The Balaban J connectivity index is 1.73. The van der Waals surface area contributed by atoms with Crippen LogP contribution in [0.5, 0.6) is 5.75 Å². The second kappa shape index (κ2) is 6.84. The van der Waals surface area contributed by atoms with Gasteiger partial charge in [0.05, 0.1) is 5.92 Å². The van der Waals surface area contributed by atoms with Crippen molar-refractivity contribution in [2.75, 3.05) is 11.4 Å². The van der Waals surface area contributed by atoms with Crippen molar-refractivity contribution < 1.29 is 18.7 Å². The molecule has 1 heterocycles. The molecule has 1 atom stereocenters. The smallest absolute Gasteiger partial charge is 0.316 e. The Bertz CT molecular complexity index is 853. The predicted molar refractivity (Wildman–Crippen MR) is 93.4 cm³/mol. The largest absolute Gasteiger partial charge is 0.426 e. The summed E-state index contributed by atoms with van der Waals surface area (Å²) in [5.74, 6) is -1.26. The van der Waals surface area contributed by atoms with Crippen molar-refractivity contribution in [2.24, 2.45) is 5.92 Å². The van der Waals surface area contributed by atoms with Crippen LogP contribution < -0.4 is 9.64 Å². The summed E-state index contributed by atoms with van der Waals surface area (Å²) >= 11 is 5.89. The van der Waals surface area contributed by atoms with E-state index in [4.69, 9.17) is 16.3 Å². The average Bonchev–Trinajstić information content (AvgIpc) is 2.95. The molecule has 1 aliphatic rings. The Kier molecular flexibility index (Phi) is 4.77. The second-order valence-corrected chi connectivity index (χ2v) is 6.61. The number of esters is 1. The van der Waals surface area contributed by atoms with E-state index in [1.807, 2.05) is 0 Å². The SMILES string of the molecule is Cc1ccc(N2CC(C(=O)Oc3ccc(Cl)cc3C)CC2=O)cc1F. The molecule has 0 bridgehead atoms. The first kappa shape index (κ1) is 17.4. The van der Waals surface area contributed by atoms with Crippen LogP contribution in [0.15, 0.2) is 36.4 Å². The zero-order chi connectivity index (χ0) is 18.1. The minimum Gasteiger partial charge on any atom is -0.426 e. The lowest BCUT2D eigenvalue weighted by atomic mass is 10.1. The number of nitrogens with zero attached hydrogens (tertiary/aromatic N) is 1. The highest BCUT2D eigenvalue weighted by Gasteiger charge is 2.36. The van der Waals surface area contributed by atoms with E-state index in [9.17, 15) is 14.0 Å². The molecular formula is C19H17ClFNO3. The van der Waals surface area contributed by atoms with Crippen molar-refractivity contribution in [3.63, 3.8) is 0 Å². The highest BCUT2D eigenvalue weighted by molar-refractivity contribution is 6.30. The molecule has 2 aromatic carbocycles. The summed E-state index contributed by atoms with van der Waals surface area (Å²) in [6.45, 7) is 3.61. The first-order valence-electron chi connectivity index (χ1n) is 7.89. The lowest BCUT2D eigenvalue weighted by Crippen LogP contribution is -2.27. The number of aryl methyl sites for hydroxylation is 2. The van der Waals surface area contributed by atoms with Crippen LogP contribution in [-0.2, 0) is 9.59 Å². The summed E-state index contributed by atoms with van der Waals surface area (Å²) in [6.07, 6.45) is 0.0426. The molecule has 1 amide bonds. The van der Waals surface area contributed by atoms with Crippen LogP contribution >= 0.6 is 11.6 Å². The van der Waals surface area contributed by atoms with Crippen LogP contribution in [0.1, 0.15) is 17.5 Å². The van der Waals surface area contributed by atoms with E-state index in [1.165, 1.54) is 11.0 Å². The number of carbonyl (C=O) groups excluding carboxylic acids is 2. The van der Waals surface area contributed by atoms with Crippen molar-refractivity contribution in [3.05, 3.63) is 58.4 Å². The molecule has 2 aromatic rings. The maximum atomic E-state index is 13.7. The molecule has 0 spiro atoms. The monoisotopic (exact) mass is 361 g/mol. The molecule has 0 aliphatic carbocycles. The van der Waals surface area contributed by atoms with Crippen LogP contribution in [-0.4, -0.2) is 18.4 Å². The topological polar surface area (TPSA) is 46.6 Å². The van der Waals surface area contributed by atoms with Crippen molar-refractivity contribution in [3.8, 4) is 5.75 Å². The van der Waals surface area contributed by atoms with Gasteiger partial charge in [0.25, 0.3) is 0 Å². The Morgan fingerprint density at radius 3 is 2.64 bits per heavy atom. The molecule has 0 radical (unpaired) electrons. The maximum Gasteiger partial charge on any atom is 0.316 e. The van der Waals surface area contributed by atoms with Gasteiger partial charge >= 0.3 is 5.97 Å². The van der Waals surface area contributed by atoms with Gasteiger partial charge in [0.15, 0.2) is 0 Å². The van der Waals surface area contributed by atoms with Crippen LogP contribution in [0.4, 0.5) is 10.1 Å². The molecule has 130 valence electrons. The van der Waals surface area contributed by atoms with Gasteiger partial charge in [-0.25, -0.2) is 4.39 Å². The number of hydrogen-bond acceptors (Lipinski definition) is 3. The summed E-state index contributed by atoms with van der Waals surface area (Å²) in [4.78, 5) is 26.0. The summed E-state index contributed by atoms with van der Waals surface area (Å²) in [7, 11) is 0. The van der Waals surface area contributed by atoms with Crippen molar-refractivity contribution in [2.45, 2.75) is 20.3 Å². The Morgan fingerprint density at radius 2 is 1.96 bits per heavy atom. The molecule has 4 nitrogen and oxygen atoms in total. The van der Waals surface area contributed by atoms with E-state index in [2.05, 4.69) is 0 Å². The first-order valence-corrected chi connectivity index (χ1v) is 8.27. The van der Waals surface area contributed by atoms with Crippen LogP contribution in [0.2, 0.25) is 5.02 Å². The van der Waals surface area contributed by atoms with Gasteiger partial charge in [-0.2, -0.15) is 0 Å². The minimum atomic E-state index is -0.591. The van der Waals surface area contributed by atoms with Crippen molar-refractivity contribution >= 4 is 29.2 Å². The summed E-state index contributed by atoms with van der Waals surface area (Å²) in [5, 5.41) is 0.556. The molecule has 1 unspecified atom stereocenters. The first-order chi connectivity index (χ1) is 11.8. The summed E-state index contributed by atoms with van der Waals surface area (Å²) in [5.41, 5.74) is 1.69. The molecule has 0 N–H and O–H groups in total. The van der Waals surface area contributed by atoms with Gasteiger partial charge < -0.3 is 9.64 Å². The third-order valence-electron chi connectivity index (χ3n) is 4.27. The van der Waals surface area contributed by atoms with Gasteiger partial charge in [-0.05, 0) is 55.3 Å². The molecule has 1 aliphatic heterocycles. The number of amides is 1. The fourth-order valence-corrected chi connectivity index (χ4v) is 3.01. The molecule has 3 rings (SSSR count). The highest BCUT2D eigenvalue weighted by Crippen LogP contribution is 2.29. The van der Waals surface area contributed by atoms with E-state index in [0.717, 1.165) is 5.56 Å². The maximum absolute atomic E-state index is 13.7. The number of carbonyl (C=O) groups is 2. The van der Waals surface area contributed by atoms with Crippen LogP contribution in [0.25, 0.3) is 0 Å². The number of halogens is 2. The normalized spacial score (nSPS) is 17.0. The third-order valence-corrected chi connectivity index (χ3v) is 4.51. The van der Waals surface area contributed by atoms with Crippen molar-refractivity contribution in [1.82, 2.24) is 0 Å². The number of benzene rings is 2. The summed E-state index contributed by atoms with van der Waals surface area (Å²) in [6, 6.07) is 9.56. The molecule has 0 saturated carbocycles. The second-order valence-electron chi connectivity index (χ2n) is 6.17. The van der Waals surface area contributed by atoms with Gasteiger partial charge in [-0.1, -0.05) is 17.7 Å². The fraction of sp³-hybridized carbons (Fsp3) is 0.263. The van der Waals surface area contributed by atoms with E-state index >= 15 is 0 Å². The molecule has 0 aromatic heterocycles. The number of hydrogen-bond donors (Lipinski definition) is 0. The highest BCUT2D eigenvalue weighted by atomic mass is 35.5. The third kappa shape index (κ3) is 3.66. The molecular weight excluding hydrogens is 345 g/mol. The Morgan fingerprint density at radius 1 is 1.20 bits per heavy atom. The fourth-order valence-electron chi connectivity index (χ4n) is 2.78. The molecule has 1 saturated heterocycles. The van der Waals surface area contributed by atoms with E-state index < -0.39 is 11.9 Å². The van der Waals surface area contributed by atoms with E-state index in [1.54, 1.807) is 44.2 Å². The predicted octanol–water partition coefficient (Wildman–Crippen LogP) is 4.05. The minimum absolute atomic E-state index is 0.0426. The molecule has 1 fully saturated rings. The zero-order valence-corrected chi connectivity index (χ0v) is 14.6. The van der Waals surface area contributed by atoms with Gasteiger partial charge in [0.2, 0.25) is 5.91 Å². The number of ether oxygens (including phenoxy) is 1. The molecule has 25 heavy (non-hydrogen) atoms. The van der Waals surface area contributed by atoms with E-state index in [-0.39, 0.29) is 24.7 Å². The molecule has 6 heteroatoms. The lowest BCUT2D eigenvalue weighted by Gasteiger charge is -2.17. The van der Waals surface area contributed by atoms with Gasteiger partial charge in [0, 0.05) is 23.7 Å². The number of rotatable bonds is 3. The van der Waals surface area contributed by atoms with E-state index in [0.29, 0.717) is 22.0 Å². The Labute approximate surface area is 150 Å². The Hall–Kier alpha value is -2.40. The lowest BCUT2D eigenvalue weighted by molar-refractivity contribution is -0.139. The van der Waals surface area contributed by atoms with Gasteiger partial charge in [-0.3, -0.25) is 9.59 Å².